The van der Waals surface area contributed by atoms with Crippen molar-refractivity contribution in [2.24, 2.45) is 0 Å². The van der Waals surface area contributed by atoms with Gasteiger partial charge in [-0.1, -0.05) is 29.2 Å². The molecule has 1 saturated carbocycles. The third-order valence-electron chi connectivity index (χ3n) is 7.50. The largest absolute Gasteiger partial charge is 0.490 e. The number of benzene rings is 2. The minimum atomic E-state index is -5.25. The Bertz CT molecular complexity index is 2040. The number of aromatic amines is 1. The Labute approximate surface area is 235 Å². The standard InChI is InChI=1S/C30H27FN4O5S/c1-17(2)39-27-13-24-26(12-23(27)19-11-21(16-33-15-19)40-41(31,37)38)35(20-6-4-3-5-7-20)30-28(29(24)36)22-9-8-18(14-32)10-25(22)34-30/h8-13,15-17,20,34H,3-7H2,1-2H3. The number of nitrogens with zero attached hydrogens (tertiary/aromatic N) is 3. The first kappa shape index (κ1) is 26.8. The zero-order chi connectivity index (χ0) is 28.9. The van der Waals surface area contributed by atoms with Crippen molar-refractivity contribution in [3.05, 3.63) is 64.6 Å². The molecule has 0 atom stereocenters. The summed E-state index contributed by atoms with van der Waals surface area (Å²) in [7, 11) is -5.25. The van der Waals surface area contributed by atoms with E-state index in [4.69, 9.17) is 4.74 Å². The van der Waals surface area contributed by atoms with Crippen molar-refractivity contribution in [1.82, 2.24) is 14.5 Å². The molecule has 0 spiro atoms. The number of aromatic nitrogens is 3. The van der Waals surface area contributed by atoms with Crippen molar-refractivity contribution in [3.8, 4) is 28.7 Å². The van der Waals surface area contributed by atoms with Gasteiger partial charge in [0, 0.05) is 34.3 Å². The lowest BCUT2D eigenvalue weighted by Crippen LogP contribution is -2.19. The molecule has 0 radical (unpaired) electrons. The van der Waals surface area contributed by atoms with Crippen LogP contribution in [0.4, 0.5) is 3.89 Å². The second kappa shape index (κ2) is 10.2. The summed E-state index contributed by atoms with van der Waals surface area (Å²) in [6.07, 6.45) is 7.49. The lowest BCUT2D eigenvalue weighted by molar-refractivity contribution is 0.244. The highest BCUT2D eigenvalue weighted by Gasteiger charge is 2.25. The molecule has 0 amide bonds. The van der Waals surface area contributed by atoms with Gasteiger partial charge in [-0.25, -0.2) is 0 Å². The Balaban J connectivity index is 1.70. The van der Waals surface area contributed by atoms with Gasteiger partial charge < -0.3 is 18.5 Å². The van der Waals surface area contributed by atoms with Crippen molar-refractivity contribution in [2.45, 2.75) is 58.1 Å². The fourth-order valence-electron chi connectivity index (χ4n) is 5.89. The molecule has 1 fully saturated rings. The lowest BCUT2D eigenvalue weighted by Gasteiger charge is -2.28. The molecule has 9 nitrogen and oxygen atoms in total. The highest BCUT2D eigenvalue weighted by molar-refractivity contribution is 7.81. The van der Waals surface area contributed by atoms with E-state index in [1.54, 1.807) is 24.3 Å². The molecule has 5 aromatic rings. The van der Waals surface area contributed by atoms with Crippen LogP contribution in [-0.2, 0) is 10.5 Å². The third-order valence-corrected chi connectivity index (χ3v) is 7.89. The number of rotatable bonds is 6. The number of nitriles is 1. The first-order valence-corrected chi connectivity index (χ1v) is 14.8. The molecule has 11 heteroatoms. The van der Waals surface area contributed by atoms with E-state index in [0.29, 0.717) is 49.9 Å². The predicted molar refractivity (Wildman–Crippen MR) is 154 cm³/mol. The Morgan fingerprint density at radius 1 is 1.10 bits per heavy atom. The Morgan fingerprint density at radius 3 is 2.59 bits per heavy atom. The van der Waals surface area contributed by atoms with E-state index < -0.39 is 10.5 Å². The van der Waals surface area contributed by atoms with Crippen molar-refractivity contribution in [1.29, 1.82) is 5.26 Å². The summed E-state index contributed by atoms with van der Waals surface area (Å²) < 4.78 is 48.3. The highest BCUT2D eigenvalue weighted by Crippen LogP contribution is 2.40. The Kier molecular flexibility index (Phi) is 6.66. The van der Waals surface area contributed by atoms with Crippen LogP contribution < -0.4 is 14.3 Å². The van der Waals surface area contributed by atoms with Crippen LogP contribution in [0.25, 0.3) is 44.0 Å². The van der Waals surface area contributed by atoms with Crippen LogP contribution >= 0.6 is 0 Å². The van der Waals surface area contributed by atoms with E-state index in [-0.39, 0.29) is 23.3 Å². The van der Waals surface area contributed by atoms with Gasteiger partial charge in [-0.3, -0.25) is 9.78 Å². The predicted octanol–water partition coefficient (Wildman–Crippen LogP) is 6.46. The van der Waals surface area contributed by atoms with Crippen molar-refractivity contribution >= 4 is 43.3 Å². The van der Waals surface area contributed by atoms with Gasteiger partial charge in [-0.2, -0.15) is 13.7 Å². The van der Waals surface area contributed by atoms with Crippen LogP contribution in [0.2, 0.25) is 0 Å². The van der Waals surface area contributed by atoms with Crippen LogP contribution in [-0.4, -0.2) is 29.1 Å². The van der Waals surface area contributed by atoms with Gasteiger partial charge in [0.05, 0.1) is 40.2 Å². The van der Waals surface area contributed by atoms with Crippen LogP contribution in [0.5, 0.6) is 11.5 Å². The molecule has 0 aliphatic heterocycles. The molecule has 1 N–H and O–H groups in total. The number of H-pyrrole nitrogens is 1. The molecule has 3 aromatic heterocycles. The normalized spacial score (nSPS) is 14.6. The summed E-state index contributed by atoms with van der Waals surface area (Å²) in [5, 5.41) is 11.2. The Morgan fingerprint density at radius 2 is 1.88 bits per heavy atom. The molecule has 210 valence electrons. The fraction of sp³-hybridized carbons (Fsp3) is 0.300. The smallest absolute Gasteiger partial charge is 0.488 e. The average Bonchev–Trinajstić information content (AvgIpc) is 3.31. The SMILES string of the molecule is CC(C)Oc1cc2c(=O)c3c4ccc(C#N)cc4[nH]c3n(C3CCCCC3)c2cc1-c1cncc(OS(=O)(=O)F)c1. The van der Waals surface area contributed by atoms with Crippen LogP contribution in [0.1, 0.15) is 57.6 Å². The topological polar surface area (TPSA) is 127 Å². The summed E-state index contributed by atoms with van der Waals surface area (Å²) in [4.78, 5) is 21.6. The molecule has 0 bridgehead atoms. The van der Waals surface area contributed by atoms with Crippen molar-refractivity contribution in [3.63, 3.8) is 0 Å². The summed E-state index contributed by atoms with van der Waals surface area (Å²) in [5.41, 5.74) is 3.37. The number of hydrogen-bond donors (Lipinski definition) is 1. The zero-order valence-corrected chi connectivity index (χ0v) is 23.3. The number of fused-ring (bicyclic) bond motifs is 4. The minimum absolute atomic E-state index is 0.118. The molecule has 0 unspecified atom stereocenters. The van der Waals surface area contributed by atoms with Crippen LogP contribution in [0.3, 0.4) is 0 Å². The number of halogens is 1. The summed E-state index contributed by atoms with van der Waals surface area (Å²) >= 11 is 0. The number of nitrogens with one attached hydrogen (secondary N) is 1. The van der Waals surface area contributed by atoms with Gasteiger partial charge in [0.15, 0.2) is 11.2 Å². The second-order valence-corrected chi connectivity index (χ2v) is 11.6. The zero-order valence-electron chi connectivity index (χ0n) is 22.5. The van der Waals surface area contributed by atoms with E-state index in [9.17, 15) is 22.4 Å². The molecule has 3 heterocycles. The number of ether oxygens (including phenoxy) is 1. The van der Waals surface area contributed by atoms with Crippen LogP contribution in [0, 0.1) is 11.3 Å². The maximum atomic E-state index is 14.2. The van der Waals surface area contributed by atoms with E-state index >= 15 is 0 Å². The van der Waals surface area contributed by atoms with Crippen LogP contribution in [0.15, 0.2) is 53.6 Å². The van der Waals surface area contributed by atoms with Gasteiger partial charge >= 0.3 is 10.5 Å². The maximum absolute atomic E-state index is 14.2. The number of pyridine rings is 2. The van der Waals surface area contributed by atoms with Gasteiger partial charge in [0.1, 0.15) is 11.4 Å². The van der Waals surface area contributed by atoms with Gasteiger partial charge in [-0.05, 0) is 57.0 Å². The summed E-state index contributed by atoms with van der Waals surface area (Å²) in [6, 6.07) is 12.5. The number of hydrogen-bond acceptors (Lipinski definition) is 7. The highest BCUT2D eigenvalue weighted by atomic mass is 32.3. The summed E-state index contributed by atoms with van der Waals surface area (Å²) in [5.74, 6) is 0.109. The molecule has 1 aliphatic rings. The Hall–Kier alpha value is -4.43. The van der Waals surface area contributed by atoms with Gasteiger partial charge in [0.2, 0.25) is 0 Å². The molecule has 6 rings (SSSR count). The van der Waals surface area contributed by atoms with Gasteiger partial charge in [0.25, 0.3) is 0 Å². The molecule has 41 heavy (non-hydrogen) atoms. The quantitative estimate of drug-likeness (QED) is 0.231. The molecule has 0 saturated heterocycles. The third kappa shape index (κ3) is 5.00. The van der Waals surface area contributed by atoms with E-state index in [1.165, 1.54) is 12.3 Å². The van der Waals surface area contributed by atoms with Crippen molar-refractivity contribution in [2.75, 3.05) is 0 Å². The summed E-state index contributed by atoms with van der Waals surface area (Å²) in [6.45, 7) is 3.72. The molecular weight excluding hydrogens is 547 g/mol. The first-order valence-electron chi connectivity index (χ1n) is 13.5. The van der Waals surface area contributed by atoms with E-state index in [0.717, 1.165) is 43.7 Å². The van der Waals surface area contributed by atoms with E-state index in [1.807, 2.05) is 19.9 Å². The molecule has 1 aliphatic carbocycles. The maximum Gasteiger partial charge on any atom is 0.488 e. The van der Waals surface area contributed by atoms with E-state index in [2.05, 4.69) is 24.8 Å². The molecular formula is C30H27FN4O5S. The molecule has 2 aromatic carbocycles. The average molecular weight is 575 g/mol. The lowest BCUT2D eigenvalue weighted by atomic mass is 9.94. The van der Waals surface area contributed by atoms with Crippen molar-refractivity contribution < 1.29 is 21.2 Å². The first-order chi connectivity index (χ1) is 19.6. The second-order valence-electron chi connectivity index (χ2n) is 10.6. The minimum Gasteiger partial charge on any atom is -0.490 e. The van der Waals surface area contributed by atoms with Gasteiger partial charge in [-0.15, -0.1) is 0 Å². The fourth-order valence-corrected chi connectivity index (χ4v) is 6.21. The monoisotopic (exact) mass is 574 g/mol.